The molecule has 0 radical (unpaired) electrons. The zero-order chi connectivity index (χ0) is 11.9. The van der Waals surface area contributed by atoms with E-state index in [0.29, 0.717) is 6.61 Å². The molecule has 0 aliphatic rings. The minimum atomic E-state index is 0.673. The highest BCUT2D eigenvalue weighted by molar-refractivity contribution is 7.09. The highest BCUT2D eigenvalue weighted by atomic mass is 32.1. The van der Waals surface area contributed by atoms with Crippen molar-refractivity contribution in [2.75, 3.05) is 7.11 Å². The van der Waals surface area contributed by atoms with Crippen LogP contribution >= 0.6 is 11.3 Å². The van der Waals surface area contributed by atoms with Crippen LogP contribution in [0.3, 0.4) is 0 Å². The van der Waals surface area contributed by atoms with Gasteiger partial charge in [0.25, 0.3) is 0 Å². The molecule has 0 spiro atoms. The van der Waals surface area contributed by atoms with Gasteiger partial charge in [-0.3, -0.25) is 0 Å². The number of hydrogen-bond donors (Lipinski definition) is 1. The van der Waals surface area contributed by atoms with Crippen LogP contribution in [0.1, 0.15) is 16.1 Å². The molecule has 0 saturated heterocycles. The van der Waals surface area contributed by atoms with Crippen LogP contribution in [-0.4, -0.2) is 12.1 Å². The number of ether oxygens (including phenoxy) is 1. The predicted octanol–water partition coefficient (Wildman–Crippen LogP) is 2.58. The normalized spacial score (nSPS) is 10.6. The molecule has 4 heteroatoms. The van der Waals surface area contributed by atoms with E-state index in [0.717, 1.165) is 18.1 Å². The first-order valence-electron chi connectivity index (χ1n) is 5.54. The molecule has 17 heavy (non-hydrogen) atoms. The molecule has 2 aromatic rings. The van der Waals surface area contributed by atoms with Gasteiger partial charge in [-0.25, -0.2) is 4.98 Å². The highest BCUT2D eigenvalue weighted by Gasteiger charge is 1.97. The Morgan fingerprint density at radius 1 is 1.18 bits per heavy atom. The van der Waals surface area contributed by atoms with Crippen LogP contribution in [-0.2, 0) is 24.4 Å². The van der Waals surface area contributed by atoms with Crippen molar-refractivity contribution < 1.29 is 4.74 Å². The third kappa shape index (κ3) is 3.93. The van der Waals surface area contributed by atoms with Gasteiger partial charge in [0.2, 0.25) is 0 Å². The van der Waals surface area contributed by atoms with Crippen molar-refractivity contribution in [3.63, 3.8) is 0 Å². The van der Waals surface area contributed by atoms with Crippen molar-refractivity contribution in [1.82, 2.24) is 10.3 Å². The number of methoxy groups -OCH3 is 1. The van der Waals surface area contributed by atoms with Crippen LogP contribution in [0.15, 0.2) is 35.8 Å². The summed E-state index contributed by atoms with van der Waals surface area (Å²) in [6.07, 6.45) is 1.83. The van der Waals surface area contributed by atoms with Gasteiger partial charge in [-0.05, 0) is 11.1 Å². The lowest BCUT2D eigenvalue weighted by Gasteiger charge is -2.04. The van der Waals surface area contributed by atoms with Crippen molar-refractivity contribution in [1.29, 1.82) is 0 Å². The van der Waals surface area contributed by atoms with Crippen LogP contribution in [0, 0.1) is 0 Å². The molecule has 1 heterocycles. The highest BCUT2D eigenvalue weighted by Crippen LogP contribution is 2.07. The molecule has 0 amide bonds. The number of nitrogens with one attached hydrogen (secondary N) is 1. The molecule has 0 aliphatic carbocycles. The maximum atomic E-state index is 5.08. The van der Waals surface area contributed by atoms with Gasteiger partial charge >= 0.3 is 0 Å². The molecule has 90 valence electrons. The van der Waals surface area contributed by atoms with Gasteiger partial charge in [0, 0.05) is 31.8 Å². The van der Waals surface area contributed by atoms with Crippen LogP contribution in [0.2, 0.25) is 0 Å². The van der Waals surface area contributed by atoms with Crippen molar-refractivity contribution in [2.45, 2.75) is 19.7 Å². The molecule has 1 N–H and O–H groups in total. The first kappa shape index (κ1) is 12.2. The average molecular weight is 248 g/mol. The van der Waals surface area contributed by atoms with E-state index in [4.69, 9.17) is 4.74 Å². The standard InChI is InChI=1S/C13H16N2OS/c1-16-10-12-4-2-11(3-5-12)8-14-9-13-15-6-7-17-13/h2-7,14H,8-10H2,1H3. The van der Waals surface area contributed by atoms with Crippen molar-refractivity contribution in [2.24, 2.45) is 0 Å². The van der Waals surface area contributed by atoms with E-state index in [-0.39, 0.29) is 0 Å². The van der Waals surface area contributed by atoms with Crippen LogP contribution in [0.25, 0.3) is 0 Å². The monoisotopic (exact) mass is 248 g/mol. The summed E-state index contributed by atoms with van der Waals surface area (Å²) in [5.74, 6) is 0. The summed E-state index contributed by atoms with van der Waals surface area (Å²) in [5.41, 5.74) is 2.48. The van der Waals surface area contributed by atoms with E-state index in [1.807, 2.05) is 11.6 Å². The molecule has 0 saturated carbocycles. The molecule has 0 aliphatic heterocycles. The molecule has 0 bridgehead atoms. The lowest BCUT2D eigenvalue weighted by atomic mass is 10.1. The third-order valence-corrected chi connectivity index (χ3v) is 3.20. The summed E-state index contributed by atoms with van der Waals surface area (Å²) >= 11 is 1.68. The van der Waals surface area contributed by atoms with Crippen LogP contribution in [0.4, 0.5) is 0 Å². The smallest absolute Gasteiger partial charge is 0.106 e. The Bertz CT molecular complexity index is 425. The molecule has 1 aromatic carbocycles. The fraction of sp³-hybridized carbons (Fsp3) is 0.308. The topological polar surface area (TPSA) is 34.1 Å². The second-order valence-electron chi connectivity index (χ2n) is 3.78. The van der Waals surface area contributed by atoms with Crippen LogP contribution in [0.5, 0.6) is 0 Å². The number of nitrogens with zero attached hydrogens (tertiary/aromatic N) is 1. The van der Waals surface area contributed by atoms with E-state index in [1.165, 1.54) is 11.1 Å². The molecule has 0 fully saturated rings. The number of thiazole rings is 1. The van der Waals surface area contributed by atoms with E-state index in [1.54, 1.807) is 18.4 Å². The second kappa shape index (κ2) is 6.49. The van der Waals surface area contributed by atoms with Crippen LogP contribution < -0.4 is 5.32 Å². The summed E-state index contributed by atoms with van der Waals surface area (Å²) < 4.78 is 5.08. The van der Waals surface area contributed by atoms with E-state index in [2.05, 4.69) is 34.6 Å². The van der Waals surface area contributed by atoms with Crippen molar-refractivity contribution in [3.8, 4) is 0 Å². The Morgan fingerprint density at radius 2 is 1.94 bits per heavy atom. The van der Waals surface area contributed by atoms with Crippen molar-refractivity contribution >= 4 is 11.3 Å². The number of aromatic nitrogens is 1. The van der Waals surface area contributed by atoms with E-state index < -0.39 is 0 Å². The molecular weight excluding hydrogens is 232 g/mol. The minimum Gasteiger partial charge on any atom is -0.380 e. The van der Waals surface area contributed by atoms with Gasteiger partial charge in [-0.15, -0.1) is 11.3 Å². The zero-order valence-corrected chi connectivity index (χ0v) is 10.7. The maximum Gasteiger partial charge on any atom is 0.106 e. The Balaban J connectivity index is 1.79. The third-order valence-electron chi connectivity index (χ3n) is 2.42. The molecule has 0 unspecified atom stereocenters. The Labute approximate surface area is 105 Å². The molecule has 0 atom stereocenters. The predicted molar refractivity (Wildman–Crippen MR) is 69.8 cm³/mol. The van der Waals surface area contributed by atoms with Gasteiger partial charge < -0.3 is 10.1 Å². The fourth-order valence-electron chi connectivity index (χ4n) is 1.57. The van der Waals surface area contributed by atoms with Gasteiger partial charge in [0.05, 0.1) is 6.61 Å². The molecule has 1 aromatic heterocycles. The zero-order valence-electron chi connectivity index (χ0n) is 9.85. The Kier molecular flexibility index (Phi) is 4.67. The van der Waals surface area contributed by atoms with Gasteiger partial charge in [-0.2, -0.15) is 0 Å². The summed E-state index contributed by atoms with van der Waals surface area (Å²) in [6.45, 7) is 2.37. The summed E-state index contributed by atoms with van der Waals surface area (Å²) in [4.78, 5) is 4.23. The van der Waals surface area contributed by atoms with Gasteiger partial charge in [0.1, 0.15) is 5.01 Å². The quantitative estimate of drug-likeness (QED) is 0.853. The maximum absolute atomic E-state index is 5.08. The van der Waals surface area contributed by atoms with Crippen molar-refractivity contribution in [3.05, 3.63) is 52.0 Å². The molecule has 2 rings (SSSR count). The van der Waals surface area contributed by atoms with Gasteiger partial charge in [0.15, 0.2) is 0 Å². The number of rotatable bonds is 6. The summed E-state index contributed by atoms with van der Waals surface area (Å²) in [7, 11) is 1.71. The SMILES string of the molecule is COCc1ccc(CNCc2nccs2)cc1. The Hall–Kier alpha value is -1.23. The first-order chi connectivity index (χ1) is 8.38. The van der Waals surface area contributed by atoms with E-state index >= 15 is 0 Å². The molecular formula is C13H16N2OS. The molecule has 3 nitrogen and oxygen atoms in total. The first-order valence-corrected chi connectivity index (χ1v) is 6.42. The average Bonchev–Trinajstić information content (AvgIpc) is 2.85. The summed E-state index contributed by atoms with van der Waals surface area (Å²) in [6, 6.07) is 8.46. The lowest BCUT2D eigenvalue weighted by Crippen LogP contribution is -2.12. The Morgan fingerprint density at radius 3 is 2.59 bits per heavy atom. The fourth-order valence-corrected chi connectivity index (χ4v) is 2.16. The largest absolute Gasteiger partial charge is 0.380 e. The van der Waals surface area contributed by atoms with E-state index in [9.17, 15) is 0 Å². The second-order valence-corrected chi connectivity index (χ2v) is 4.76. The lowest BCUT2D eigenvalue weighted by molar-refractivity contribution is 0.185. The number of benzene rings is 1. The summed E-state index contributed by atoms with van der Waals surface area (Å²) in [5, 5.41) is 6.49. The minimum absolute atomic E-state index is 0.673. The van der Waals surface area contributed by atoms with Gasteiger partial charge in [-0.1, -0.05) is 24.3 Å². The number of hydrogen-bond acceptors (Lipinski definition) is 4.